The summed E-state index contributed by atoms with van der Waals surface area (Å²) in [5, 5.41) is 13.2. The molecule has 3 rings (SSSR count). The van der Waals surface area contributed by atoms with E-state index in [-0.39, 0.29) is 0 Å². The van der Waals surface area contributed by atoms with Crippen molar-refractivity contribution < 1.29 is 9.90 Å². The molecule has 0 aliphatic heterocycles. The van der Waals surface area contributed by atoms with Crippen molar-refractivity contribution in [1.29, 1.82) is 0 Å². The number of benzene rings is 1. The van der Waals surface area contributed by atoms with E-state index in [0.29, 0.717) is 0 Å². The summed E-state index contributed by atoms with van der Waals surface area (Å²) >= 11 is 1.56. The molecule has 2 aromatic heterocycles. The van der Waals surface area contributed by atoms with Crippen LogP contribution in [0.5, 0.6) is 0 Å². The zero-order valence-electron chi connectivity index (χ0n) is 11.9. The molecule has 0 saturated heterocycles. The average Bonchev–Trinajstić information content (AvgIpc) is 3.17. The number of aliphatic carboxylic acids is 1. The standard InChI is InChI=1S/C17H14N2O2S/c1-12(9-17(20)21)15-7-8-16(22-15)13-10-18-19(11-13)14-5-3-2-4-6-14/h2-11H,1H3,(H,20,21)/b12-9+. The number of carboxylic acids is 1. The van der Waals surface area contributed by atoms with Crippen molar-refractivity contribution in [3.05, 3.63) is 65.8 Å². The maximum Gasteiger partial charge on any atom is 0.328 e. The van der Waals surface area contributed by atoms with E-state index in [1.165, 1.54) is 6.08 Å². The van der Waals surface area contributed by atoms with Crippen LogP contribution >= 0.6 is 11.3 Å². The van der Waals surface area contributed by atoms with Gasteiger partial charge >= 0.3 is 5.97 Å². The van der Waals surface area contributed by atoms with E-state index < -0.39 is 5.97 Å². The number of rotatable bonds is 4. The van der Waals surface area contributed by atoms with Crippen molar-refractivity contribution in [2.75, 3.05) is 0 Å². The normalized spacial score (nSPS) is 11.6. The first-order valence-corrected chi connectivity index (χ1v) is 7.57. The Hall–Kier alpha value is -2.66. The fraction of sp³-hybridized carbons (Fsp3) is 0.0588. The Kier molecular flexibility index (Phi) is 3.89. The van der Waals surface area contributed by atoms with Gasteiger partial charge in [0.15, 0.2) is 0 Å². The highest BCUT2D eigenvalue weighted by Gasteiger charge is 2.08. The number of para-hydroxylation sites is 1. The Morgan fingerprint density at radius 3 is 2.73 bits per heavy atom. The van der Waals surface area contributed by atoms with E-state index in [1.807, 2.05) is 59.5 Å². The lowest BCUT2D eigenvalue weighted by atomic mass is 10.2. The van der Waals surface area contributed by atoms with E-state index in [1.54, 1.807) is 18.3 Å². The summed E-state index contributed by atoms with van der Waals surface area (Å²) in [5.74, 6) is -0.927. The van der Waals surface area contributed by atoms with Gasteiger partial charge in [0.1, 0.15) is 0 Å². The third-order valence-electron chi connectivity index (χ3n) is 3.22. The van der Waals surface area contributed by atoms with Crippen LogP contribution in [0, 0.1) is 0 Å². The van der Waals surface area contributed by atoms with Gasteiger partial charge in [0, 0.05) is 27.6 Å². The minimum Gasteiger partial charge on any atom is -0.478 e. The molecule has 0 aliphatic carbocycles. The van der Waals surface area contributed by atoms with Gasteiger partial charge < -0.3 is 5.11 Å². The molecule has 0 bridgehead atoms. The van der Waals surface area contributed by atoms with Gasteiger partial charge in [0.25, 0.3) is 0 Å². The SMILES string of the molecule is C/C(=C\C(=O)O)c1ccc(-c2cnn(-c3ccccc3)c2)s1. The maximum atomic E-state index is 10.7. The monoisotopic (exact) mass is 310 g/mol. The zero-order valence-corrected chi connectivity index (χ0v) is 12.7. The molecule has 110 valence electrons. The Balaban J connectivity index is 1.89. The first-order chi connectivity index (χ1) is 10.6. The van der Waals surface area contributed by atoms with Gasteiger partial charge in [0.2, 0.25) is 0 Å². The Bertz CT molecular complexity index is 831. The number of carboxylic acid groups (broad SMARTS) is 1. The average molecular weight is 310 g/mol. The second-order valence-corrected chi connectivity index (χ2v) is 5.92. The van der Waals surface area contributed by atoms with Crippen molar-refractivity contribution in [2.45, 2.75) is 6.92 Å². The third-order valence-corrected chi connectivity index (χ3v) is 4.49. The van der Waals surface area contributed by atoms with Gasteiger partial charge in [0.05, 0.1) is 11.9 Å². The highest BCUT2D eigenvalue weighted by Crippen LogP contribution is 2.31. The summed E-state index contributed by atoms with van der Waals surface area (Å²) in [7, 11) is 0. The molecule has 1 aromatic carbocycles. The van der Waals surface area contributed by atoms with Crippen LogP contribution in [0.2, 0.25) is 0 Å². The van der Waals surface area contributed by atoms with Crippen molar-refractivity contribution in [3.8, 4) is 16.1 Å². The fourth-order valence-corrected chi connectivity index (χ4v) is 3.09. The second kappa shape index (κ2) is 5.99. The molecule has 0 spiro atoms. The Labute approximate surface area is 132 Å². The number of hydrogen-bond donors (Lipinski definition) is 1. The van der Waals surface area contributed by atoms with Crippen LogP contribution in [0.4, 0.5) is 0 Å². The van der Waals surface area contributed by atoms with E-state index in [4.69, 9.17) is 5.11 Å². The summed E-state index contributed by atoms with van der Waals surface area (Å²) in [6.07, 6.45) is 5.02. The van der Waals surface area contributed by atoms with Gasteiger partial charge in [-0.15, -0.1) is 11.3 Å². The molecule has 0 unspecified atom stereocenters. The summed E-state index contributed by atoms with van der Waals surface area (Å²) in [5.41, 5.74) is 2.77. The van der Waals surface area contributed by atoms with Crippen LogP contribution in [0.25, 0.3) is 21.7 Å². The zero-order chi connectivity index (χ0) is 15.5. The molecular weight excluding hydrogens is 296 g/mol. The second-order valence-electron chi connectivity index (χ2n) is 4.84. The molecule has 0 atom stereocenters. The van der Waals surface area contributed by atoms with Gasteiger partial charge in [-0.3, -0.25) is 0 Å². The molecule has 22 heavy (non-hydrogen) atoms. The molecule has 0 aliphatic rings. The van der Waals surface area contributed by atoms with Crippen LogP contribution < -0.4 is 0 Å². The first kappa shape index (κ1) is 14.3. The minimum atomic E-state index is -0.927. The smallest absolute Gasteiger partial charge is 0.328 e. The lowest BCUT2D eigenvalue weighted by Crippen LogP contribution is -1.92. The molecule has 0 saturated carbocycles. The first-order valence-electron chi connectivity index (χ1n) is 6.75. The van der Waals surface area contributed by atoms with Crippen molar-refractivity contribution in [1.82, 2.24) is 9.78 Å². The van der Waals surface area contributed by atoms with Crippen molar-refractivity contribution >= 4 is 22.9 Å². The molecule has 5 heteroatoms. The highest BCUT2D eigenvalue weighted by molar-refractivity contribution is 7.16. The van der Waals surface area contributed by atoms with Crippen LogP contribution in [-0.2, 0) is 4.79 Å². The Morgan fingerprint density at radius 1 is 1.23 bits per heavy atom. The predicted octanol–water partition coefficient (Wildman–Crippen LogP) is 4.09. The lowest BCUT2D eigenvalue weighted by Gasteiger charge is -1.98. The number of carbonyl (C=O) groups is 1. The van der Waals surface area contributed by atoms with Gasteiger partial charge in [-0.2, -0.15) is 5.10 Å². The van der Waals surface area contributed by atoms with Crippen LogP contribution in [0.1, 0.15) is 11.8 Å². The number of nitrogens with zero attached hydrogens (tertiary/aromatic N) is 2. The molecule has 3 aromatic rings. The highest BCUT2D eigenvalue weighted by atomic mass is 32.1. The fourth-order valence-electron chi connectivity index (χ4n) is 2.13. The van der Waals surface area contributed by atoms with E-state index in [0.717, 1.165) is 26.6 Å². The van der Waals surface area contributed by atoms with Gasteiger partial charge in [-0.05, 0) is 36.8 Å². The molecule has 0 amide bonds. The number of aromatic nitrogens is 2. The predicted molar refractivity (Wildman–Crippen MR) is 88.2 cm³/mol. The molecule has 0 fully saturated rings. The topological polar surface area (TPSA) is 55.1 Å². The van der Waals surface area contributed by atoms with E-state index in [2.05, 4.69) is 5.10 Å². The summed E-state index contributed by atoms with van der Waals surface area (Å²) in [4.78, 5) is 12.7. The number of hydrogen-bond acceptors (Lipinski definition) is 3. The third kappa shape index (κ3) is 2.99. The molecule has 4 nitrogen and oxygen atoms in total. The van der Waals surface area contributed by atoms with Crippen LogP contribution in [0.15, 0.2) is 60.9 Å². The molecule has 1 N–H and O–H groups in total. The summed E-state index contributed by atoms with van der Waals surface area (Å²) in [6, 6.07) is 13.8. The minimum absolute atomic E-state index is 0.749. The maximum absolute atomic E-state index is 10.7. The number of allylic oxidation sites excluding steroid dienone is 1. The van der Waals surface area contributed by atoms with Crippen molar-refractivity contribution in [2.24, 2.45) is 0 Å². The number of thiophene rings is 1. The van der Waals surface area contributed by atoms with E-state index >= 15 is 0 Å². The van der Waals surface area contributed by atoms with Gasteiger partial charge in [-0.25, -0.2) is 9.48 Å². The van der Waals surface area contributed by atoms with Crippen LogP contribution in [-0.4, -0.2) is 20.9 Å². The van der Waals surface area contributed by atoms with Crippen molar-refractivity contribution in [3.63, 3.8) is 0 Å². The molecule has 2 heterocycles. The van der Waals surface area contributed by atoms with Crippen LogP contribution in [0.3, 0.4) is 0 Å². The largest absolute Gasteiger partial charge is 0.478 e. The molecule has 0 radical (unpaired) electrons. The molecular formula is C17H14N2O2S. The van der Waals surface area contributed by atoms with Gasteiger partial charge in [-0.1, -0.05) is 18.2 Å². The Morgan fingerprint density at radius 2 is 2.00 bits per heavy atom. The summed E-state index contributed by atoms with van der Waals surface area (Å²) < 4.78 is 1.83. The quantitative estimate of drug-likeness (QED) is 0.738. The summed E-state index contributed by atoms with van der Waals surface area (Å²) in [6.45, 7) is 1.80. The lowest BCUT2D eigenvalue weighted by molar-refractivity contribution is -0.131. The van der Waals surface area contributed by atoms with E-state index in [9.17, 15) is 4.79 Å².